The molecular formula is C21H18F2N4O3S2. The molecule has 2 aromatic carbocycles. The maximum Gasteiger partial charge on any atom is 0.229 e. The van der Waals surface area contributed by atoms with E-state index in [1.165, 1.54) is 35.2 Å². The number of halogens is 2. The van der Waals surface area contributed by atoms with Crippen LogP contribution >= 0.6 is 11.3 Å². The van der Waals surface area contributed by atoms with Crippen LogP contribution in [0.2, 0.25) is 0 Å². The molecule has 4 rings (SSSR count). The van der Waals surface area contributed by atoms with Crippen LogP contribution in [-0.4, -0.2) is 41.4 Å². The third-order valence-corrected chi connectivity index (χ3v) is 7.51. The van der Waals surface area contributed by atoms with Crippen LogP contribution in [0.5, 0.6) is 0 Å². The summed E-state index contributed by atoms with van der Waals surface area (Å²) in [5.41, 5.74) is 0.544. The fraction of sp³-hybridized carbons (Fsp3) is 0.190. The van der Waals surface area contributed by atoms with Crippen LogP contribution in [0.3, 0.4) is 0 Å². The molecule has 0 N–H and O–H groups in total. The molecule has 1 amide bonds. The number of rotatable bonds is 8. The van der Waals surface area contributed by atoms with E-state index in [1.54, 1.807) is 23.1 Å². The Bertz CT molecular complexity index is 1340. The molecule has 2 aromatic heterocycles. The number of aromatic nitrogens is 3. The highest BCUT2D eigenvalue weighted by Gasteiger charge is 2.23. The van der Waals surface area contributed by atoms with Crippen LogP contribution < -0.4 is 4.90 Å². The average Bonchev–Trinajstić information content (AvgIpc) is 3.42. The summed E-state index contributed by atoms with van der Waals surface area (Å²) in [5.74, 6) is -1.83. The number of hydrogen-bond donors (Lipinski definition) is 0. The molecule has 0 radical (unpaired) electrons. The second kappa shape index (κ2) is 9.13. The molecule has 0 fully saturated rings. The normalized spacial score (nSPS) is 11.7. The van der Waals surface area contributed by atoms with E-state index >= 15 is 0 Å². The Labute approximate surface area is 186 Å². The molecule has 0 atom stereocenters. The SMILES string of the molecule is O=C(CCS(=O)(=O)c1ccc(F)cc1)N(CCn1cccn1)c1nc2ccc(F)cc2s1. The van der Waals surface area contributed by atoms with Crippen LogP contribution in [0.1, 0.15) is 6.42 Å². The van der Waals surface area contributed by atoms with Gasteiger partial charge in [0.2, 0.25) is 5.91 Å². The van der Waals surface area contributed by atoms with Gasteiger partial charge in [-0.15, -0.1) is 0 Å². The summed E-state index contributed by atoms with van der Waals surface area (Å²) < 4.78 is 54.0. The lowest BCUT2D eigenvalue weighted by Crippen LogP contribution is -2.35. The Kier molecular flexibility index (Phi) is 6.28. The molecule has 0 aliphatic carbocycles. The maximum atomic E-state index is 13.6. The highest BCUT2D eigenvalue weighted by molar-refractivity contribution is 7.91. The van der Waals surface area contributed by atoms with Gasteiger partial charge >= 0.3 is 0 Å². The predicted octanol–water partition coefficient (Wildman–Crippen LogP) is 3.67. The van der Waals surface area contributed by atoms with E-state index in [2.05, 4.69) is 10.1 Å². The molecule has 0 aliphatic rings. The molecular weight excluding hydrogens is 458 g/mol. The zero-order valence-corrected chi connectivity index (χ0v) is 18.3. The number of hydrogen-bond acceptors (Lipinski definition) is 6. The number of anilines is 1. The number of nitrogens with zero attached hydrogens (tertiary/aromatic N) is 4. The molecule has 0 saturated heterocycles. The van der Waals surface area contributed by atoms with Gasteiger partial charge in [-0.2, -0.15) is 5.10 Å². The molecule has 4 aromatic rings. The third-order valence-electron chi connectivity index (χ3n) is 4.74. The fourth-order valence-corrected chi connectivity index (χ4v) is 5.34. The second-order valence-electron chi connectivity index (χ2n) is 6.95. The summed E-state index contributed by atoms with van der Waals surface area (Å²) >= 11 is 1.15. The van der Waals surface area contributed by atoms with Crippen molar-refractivity contribution in [1.29, 1.82) is 0 Å². The predicted molar refractivity (Wildman–Crippen MR) is 117 cm³/mol. The van der Waals surface area contributed by atoms with Crippen LogP contribution in [0.15, 0.2) is 65.8 Å². The minimum Gasteiger partial charge on any atom is -0.286 e. The summed E-state index contributed by atoms with van der Waals surface area (Å²) in [6.45, 7) is 0.577. The van der Waals surface area contributed by atoms with E-state index in [9.17, 15) is 22.0 Å². The van der Waals surface area contributed by atoms with E-state index in [1.807, 2.05) is 0 Å². The third kappa shape index (κ3) is 5.00. The first-order chi connectivity index (χ1) is 15.3. The molecule has 0 spiro atoms. The Morgan fingerprint density at radius 1 is 1.09 bits per heavy atom. The van der Waals surface area contributed by atoms with Gasteiger partial charge in [-0.25, -0.2) is 22.2 Å². The second-order valence-corrected chi connectivity index (χ2v) is 10.1. The lowest BCUT2D eigenvalue weighted by Gasteiger charge is -2.20. The Hall–Kier alpha value is -3.18. The monoisotopic (exact) mass is 476 g/mol. The summed E-state index contributed by atoms with van der Waals surface area (Å²) in [6.07, 6.45) is 3.07. The first-order valence-electron chi connectivity index (χ1n) is 9.64. The summed E-state index contributed by atoms with van der Waals surface area (Å²) in [5, 5.41) is 4.46. The van der Waals surface area contributed by atoms with Crippen LogP contribution in [0.25, 0.3) is 10.2 Å². The van der Waals surface area contributed by atoms with E-state index in [4.69, 9.17) is 0 Å². The quantitative estimate of drug-likeness (QED) is 0.362. The average molecular weight is 477 g/mol. The number of carbonyl (C=O) groups excluding carboxylic acids is 1. The van der Waals surface area contributed by atoms with Gasteiger partial charge in [0.15, 0.2) is 15.0 Å². The van der Waals surface area contributed by atoms with Gasteiger partial charge in [-0.05, 0) is 48.5 Å². The van der Waals surface area contributed by atoms with Crippen LogP contribution in [0.4, 0.5) is 13.9 Å². The molecule has 7 nitrogen and oxygen atoms in total. The minimum absolute atomic E-state index is 0.0507. The largest absolute Gasteiger partial charge is 0.286 e. The highest BCUT2D eigenvalue weighted by atomic mass is 32.2. The van der Waals surface area contributed by atoms with Crippen molar-refractivity contribution in [2.45, 2.75) is 17.9 Å². The molecule has 2 heterocycles. The van der Waals surface area contributed by atoms with E-state index in [0.717, 1.165) is 23.5 Å². The lowest BCUT2D eigenvalue weighted by atomic mass is 10.3. The number of fused-ring (bicyclic) bond motifs is 1. The van der Waals surface area contributed by atoms with Crippen molar-refractivity contribution >= 4 is 42.4 Å². The molecule has 0 aliphatic heterocycles. The van der Waals surface area contributed by atoms with E-state index < -0.39 is 33.1 Å². The smallest absolute Gasteiger partial charge is 0.229 e. The molecule has 166 valence electrons. The van der Waals surface area contributed by atoms with E-state index in [-0.39, 0.29) is 17.9 Å². The Morgan fingerprint density at radius 3 is 2.56 bits per heavy atom. The minimum atomic E-state index is -3.77. The lowest BCUT2D eigenvalue weighted by molar-refractivity contribution is -0.118. The fourth-order valence-electron chi connectivity index (χ4n) is 3.08. The topological polar surface area (TPSA) is 85.2 Å². The van der Waals surface area contributed by atoms with Crippen LogP contribution in [0, 0.1) is 11.6 Å². The number of carbonyl (C=O) groups is 1. The van der Waals surface area contributed by atoms with Gasteiger partial charge in [-0.1, -0.05) is 11.3 Å². The molecule has 0 unspecified atom stereocenters. The van der Waals surface area contributed by atoms with Crippen molar-refractivity contribution in [3.8, 4) is 0 Å². The number of sulfone groups is 1. The zero-order valence-electron chi connectivity index (χ0n) is 16.7. The van der Waals surface area contributed by atoms with Gasteiger partial charge < -0.3 is 0 Å². The summed E-state index contributed by atoms with van der Waals surface area (Å²) in [4.78, 5) is 18.8. The van der Waals surface area contributed by atoms with Crippen molar-refractivity contribution in [1.82, 2.24) is 14.8 Å². The van der Waals surface area contributed by atoms with Crippen molar-refractivity contribution in [2.75, 3.05) is 17.2 Å². The van der Waals surface area contributed by atoms with Crippen molar-refractivity contribution < 1.29 is 22.0 Å². The summed E-state index contributed by atoms with van der Waals surface area (Å²) in [7, 11) is -3.77. The van der Waals surface area contributed by atoms with Crippen molar-refractivity contribution in [3.63, 3.8) is 0 Å². The Balaban J connectivity index is 1.55. The molecule has 0 bridgehead atoms. The van der Waals surface area contributed by atoms with Gasteiger partial charge in [-0.3, -0.25) is 14.4 Å². The number of thiazole rings is 1. The molecule has 32 heavy (non-hydrogen) atoms. The van der Waals surface area contributed by atoms with Crippen LogP contribution in [-0.2, 0) is 21.2 Å². The Morgan fingerprint density at radius 2 is 1.84 bits per heavy atom. The summed E-state index contributed by atoms with van der Waals surface area (Å²) in [6, 6.07) is 10.4. The van der Waals surface area contributed by atoms with Gasteiger partial charge in [0.05, 0.1) is 27.4 Å². The number of benzene rings is 2. The number of amides is 1. The van der Waals surface area contributed by atoms with Gasteiger partial charge in [0.25, 0.3) is 0 Å². The van der Waals surface area contributed by atoms with Crippen molar-refractivity contribution in [2.24, 2.45) is 0 Å². The molecule has 0 saturated carbocycles. The first kappa shape index (κ1) is 22.0. The highest BCUT2D eigenvalue weighted by Crippen LogP contribution is 2.30. The first-order valence-corrected chi connectivity index (χ1v) is 12.1. The zero-order chi connectivity index (χ0) is 22.7. The maximum absolute atomic E-state index is 13.6. The van der Waals surface area contributed by atoms with Gasteiger partial charge in [0.1, 0.15) is 11.6 Å². The molecule has 11 heteroatoms. The van der Waals surface area contributed by atoms with E-state index in [0.29, 0.717) is 21.9 Å². The standard InChI is InChI=1S/C21H18F2N4O3S2/c22-15-2-5-17(6-3-15)32(29,30)13-8-20(28)27(12-11-26-10-1-9-24-26)21-25-18-7-4-16(23)14-19(18)31-21/h1-7,9-10,14H,8,11-13H2. The van der Waals surface area contributed by atoms with Gasteiger partial charge in [0, 0.05) is 25.4 Å². The van der Waals surface area contributed by atoms with Crippen molar-refractivity contribution in [3.05, 3.63) is 72.6 Å².